The fourth-order valence-corrected chi connectivity index (χ4v) is 2.90. The lowest BCUT2D eigenvalue weighted by Gasteiger charge is -2.27. The largest absolute Gasteiger partial charge is 0.490 e. The van der Waals surface area contributed by atoms with E-state index in [1.165, 1.54) is 24.0 Å². The molecular weight excluding hydrogens is 307 g/mol. The van der Waals surface area contributed by atoms with E-state index in [9.17, 15) is 25.4 Å². The molecule has 1 aliphatic rings. The summed E-state index contributed by atoms with van der Waals surface area (Å²) in [5, 5.41) is 49.1. The van der Waals surface area contributed by atoms with Gasteiger partial charge < -0.3 is 40.4 Å². The third-order valence-electron chi connectivity index (χ3n) is 4.13. The van der Waals surface area contributed by atoms with Crippen LogP contribution in [0.2, 0.25) is 0 Å². The molecule has 2 aromatic heterocycles. The lowest BCUT2D eigenvalue weighted by Crippen LogP contribution is -2.44. The molecule has 2 aromatic rings. The Labute approximate surface area is 130 Å². The Morgan fingerprint density at radius 3 is 2.70 bits per heavy atom. The number of nitrogen functional groups attached to an aromatic ring is 1. The SMILES string of the molecule is CC1(O)[C@H](O)[C@@H](CO)O[C@H]1n1cc(B(O)O)c2c(N)ncnc21. The predicted molar refractivity (Wildman–Crippen MR) is 79.4 cm³/mol. The zero-order valence-electron chi connectivity index (χ0n) is 12.2. The summed E-state index contributed by atoms with van der Waals surface area (Å²) in [4.78, 5) is 7.86. The van der Waals surface area contributed by atoms with Crippen LogP contribution in [0.15, 0.2) is 12.5 Å². The smallest absolute Gasteiger partial charge is 0.423 e. The molecule has 11 heteroatoms. The van der Waals surface area contributed by atoms with Crippen molar-refractivity contribution >= 4 is 29.4 Å². The fourth-order valence-electron chi connectivity index (χ4n) is 2.90. The van der Waals surface area contributed by atoms with Crippen LogP contribution in [0.5, 0.6) is 0 Å². The number of fused-ring (bicyclic) bond motifs is 1. The molecule has 4 atom stereocenters. The van der Waals surface area contributed by atoms with Crippen molar-refractivity contribution in [2.75, 3.05) is 12.3 Å². The molecule has 0 radical (unpaired) electrons. The van der Waals surface area contributed by atoms with Gasteiger partial charge in [-0.05, 0) is 6.92 Å². The van der Waals surface area contributed by atoms with E-state index in [0.717, 1.165) is 0 Å². The maximum Gasteiger partial charge on any atom is 0.490 e. The molecule has 3 heterocycles. The molecule has 0 bridgehead atoms. The van der Waals surface area contributed by atoms with Gasteiger partial charge in [-0.15, -0.1) is 0 Å². The van der Waals surface area contributed by atoms with Crippen LogP contribution < -0.4 is 11.2 Å². The first-order valence-electron chi connectivity index (χ1n) is 6.92. The van der Waals surface area contributed by atoms with E-state index < -0.39 is 37.8 Å². The van der Waals surface area contributed by atoms with Gasteiger partial charge in [-0.2, -0.15) is 0 Å². The van der Waals surface area contributed by atoms with Gasteiger partial charge in [0.1, 0.15) is 35.6 Å². The average molecular weight is 324 g/mol. The first-order chi connectivity index (χ1) is 10.8. The van der Waals surface area contributed by atoms with Crippen molar-refractivity contribution in [2.45, 2.75) is 31.0 Å². The van der Waals surface area contributed by atoms with Crippen molar-refractivity contribution in [2.24, 2.45) is 0 Å². The van der Waals surface area contributed by atoms with Crippen molar-refractivity contribution in [3.63, 3.8) is 0 Å². The van der Waals surface area contributed by atoms with E-state index in [4.69, 9.17) is 10.5 Å². The summed E-state index contributed by atoms with van der Waals surface area (Å²) < 4.78 is 6.85. The monoisotopic (exact) mass is 324 g/mol. The standard InChI is InChI=1S/C12H17BN4O6/c1-12(20)8(19)6(3-18)23-11(12)17-2-5(13(21)22)7-9(14)15-4-16-10(7)17/h2,4,6,8,11,18-22H,3H2,1H3,(H2,14,15,16)/t6-,8-,11-,12?/m1/s1. The van der Waals surface area contributed by atoms with Crippen LogP contribution in [-0.2, 0) is 4.74 Å². The maximum absolute atomic E-state index is 10.5. The molecule has 10 nitrogen and oxygen atoms in total. The molecule has 1 aliphatic heterocycles. The Morgan fingerprint density at radius 1 is 1.43 bits per heavy atom. The van der Waals surface area contributed by atoms with Gasteiger partial charge in [0.05, 0.1) is 12.0 Å². The van der Waals surface area contributed by atoms with Crippen LogP contribution >= 0.6 is 0 Å². The zero-order valence-corrected chi connectivity index (χ0v) is 12.2. The number of anilines is 1. The number of nitrogens with zero attached hydrogens (tertiary/aromatic N) is 3. The van der Waals surface area contributed by atoms with E-state index >= 15 is 0 Å². The zero-order chi connectivity index (χ0) is 16.9. The summed E-state index contributed by atoms with van der Waals surface area (Å²) >= 11 is 0. The molecule has 3 rings (SSSR count). The Hall–Kier alpha value is -1.76. The van der Waals surface area contributed by atoms with E-state index in [-0.39, 0.29) is 22.3 Å². The van der Waals surface area contributed by atoms with Crippen molar-refractivity contribution in [1.29, 1.82) is 0 Å². The lowest BCUT2D eigenvalue weighted by atomic mass is 9.80. The van der Waals surface area contributed by atoms with Crippen LogP contribution in [0, 0.1) is 0 Å². The summed E-state index contributed by atoms with van der Waals surface area (Å²) in [6, 6.07) is 0. The minimum Gasteiger partial charge on any atom is -0.423 e. The number of aromatic nitrogens is 3. The van der Waals surface area contributed by atoms with Gasteiger partial charge in [-0.25, -0.2) is 9.97 Å². The molecule has 1 unspecified atom stereocenters. The minimum atomic E-state index is -1.84. The second-order valence-electron chi connectivity index (χ2n) is 5.70. The Balaban J connectivity index is 2.19. The Morgan fingerprint density at radius 2 is 2.13 bits per heavy atom. The van der Waals surface area contributed by atoms with Gasteiger partial charge in [0.15, 0.2) is 6.23 Å². The number of aliphatic hydroxyl groups is 3. The van der Waals surface area contributed by atoms with Gasteiger partial charge in [0.25, 0.3) is 0 Å². The number of ether oxygens (including phenoxy) is 1. The highest BCUT2D eigenvalue weighted by Crippen LogP contribution is 2.39. The maximum atomic E-state index is 10.5. The molecule has 0 amide bonds. The van der Waals surface area contributed by atoms with Crippen LogP contribution in [0.25, 0.3) is 11.0 Å². The second-order valence-corrected chi connectivity index (χ2v) is 5.70. The number of hydrogen-bond donors (Lipinski definition) is 6. The number of hydrogen-bond acceptors (Lipinski definition) is 9. The topological polar surface area (TPSA) is 167 Å². The molecule has 124 valence electrons. The van der Waals surface area contributed by atoms with E-state index in [0.29, 0.717) is 0 Å². The molecule has 23 heavy (non-hydrogen) atoms. The highest BCUT2D eigenvalue weighted by molar-refractivity contribution is 6.62. The summed E-state index contributed by atoms with van der Waals surface area (Å²) in [6.07, 6.45) is -0.943. The summed E-state index contributed by atoms with van der Waals surface area (Å²) in [5.74, 6) is 0.0359. The molecular formula is C12H17BN4O6. The van der Waals surface area contributed by atoms with Crippen LogP contribution in [0.1, 0.15) is 13.2 Å². The Kier molecular flexibility index (Phi) is 3.79. The average Bonchev–Trinajstić information content (AvgIpc) is 2.97. The highest BCUT2D eigenvalue weighted by Gasteiger charge is 2.53. The summed E-state index contributed by atoms with van der Waals surface area (Å²) in [6.45, 7) is 0.864. The van der Waals surface area contributed by atoms with Crippen LogP contribution in [0.4, 0.5) is 5.82 Å². The number of nitrogens with two attached hydrogens (primary N) is 1. The molecule has 7 N–H and O–H groups in total. The van der Waals surface area contributed by atoms with Gasteiger partial charge >= 0.3 is 7.12 Å². The first kappa shape index (κ1) is 16.1. The normalized spacial score (nSPS) is 31.0. The van der Waals surface area contributed by atoms with Crippen molar-refractivity contribution in [1.82, 2.24) is 14.5 Å². The van der Waals surface area contributed by atoms with Crippen LogP contribution in [-0.4, -0.2) is 71.4 Å². The summed E-state index contributed by atoms with van der Waals surface area (Å²) in [5.41, 5.74) is 4.28. The highest BCUT2D eigenvalue weighted by atomic mass is 16.6. The van der Waals surface area contributed by atoms with Gasteiger partial charge in [0.2, 0.25) is 0 Å². The summed E-state index contributed by atoms with van der Waals surface area (Å²) in [7, 11) is -1.84. The third-order valence-corrected chi connectivity index (χ3v) is 4.13. The van der Waals surface area contributed by atoms with Crippen molar-refractivity contribution < 1.29 is 30.1 Å². The van der Waals surface area contributed by atoms with Gasteiger partial charge in [-0.1, -0.05) is 0 Å². The third kappa shape index (κ3) is 2.29. The van der Waals surface area contributed by atoms with Gasteiger partial charge in [-0.3, -0.25) is 0 Å². The lowest BCUT2D eigenvalue weighted by molar-refractivity contribution is -0.0947. The van der Waals surface area contributed by atoms with Crippen molar-refractivity contribution in [3.05, 3.63) is 12.5 Å². The molecule has 0 aliphatic carbocycles. The molecule has 1 saturated heterocycles. The number of rotatable bonds is 3. The quantitative estimate of drug-likeness (QED) is 0.317. The van der Waals surface area contributed by atoms with E-state index in [1.807, 2.05) is 0 Å². The first-order valence-corrected chi connectivity index (χ1v) is 6.92. The van der Waals surface area contributed by atoms with Gasteiger partial charge in [0, 0.05) is 11.7 Å². The molecule has 0 saturated carbocycles. The minimum absolute atomic E-state index is 0.0359. The van der Waals surface area contributed by atoms with Crippen molar-refractivity contribution in [3.8, 4) is 0 Å². The van der Waals surface area contributed by atoms with E-state index in [2.05, 4.69) is 9.97 Å². The molecule has 0 aromatic carbocycles. The van der Waals surface area contributed by atoms with E-state index in [1.54, 1.807) is 0 Å². The molecule has 1 fully saturated rings. The Bertz CT molecular complexity index is 736. The van der Waals surface area contributed by atoms with Crippen LogP contribution in [0.3, 0.4) is 0 Å². The second kappa shape index (κ2) is 5.41. The fraction of sp³-hybridized carbons (Fsp3) is 0.500. The predicted octanol–water partition coefficient (Wildman–Crippen LogP) is -3.31. The molecule has 0 spiro atoms. The number of aliphatic hydroxyl groups excluding tert-OH is 2.